The number of imide groups is 1. The summed E-state index contributed by atoms with van der Waals surface area (Å²) in [6.45, 7) is 0. The Kier molecular flexibility index (Phi) is 4.14. The van der Waals surface area contributed by atoms with Crippen LogP contribution in [-0.2, 0) is 0 Å². The molecule has 1 aliphatic heterocycles. The van der Waals surface area contributed by atoms with Crippen molar-refractivity contribution >= 4 is 63.2 Å². The van der Waals surface area contributed by atoms with Crippen molar-refractivity contribution in [1.29, 1.82) is 0 Å². The van der Waals surface area contributed by atoms with Crippen LogP contribution in [0.4, 0.5) is 0 Å². The Morgan fingerprint density at radius 2 is 1.39 bits per heavy atom. The van der Waals surface area contributed by atoms with Gasteiger partial charge in [0.15, 0.2) is 0 Å². The van der Waals surface area contributed by atoms with Crippen molar-refractivity contribution in [2.75, 3.05) is 0 Å². The van der Waals surface area contributed by atoms with E-state index in [0.29, 0.717) is 11.1 Å². The maximum absolute atomic E-state index is 11.7. The molecule has 1 aliphatic rings. The molecule has 1 N–H and O–H groups in total. The van der Waals surface area contributed by atoms with Crippen molar-refractivity contribution in [2.45, 2.75) is 0 Å². The van der Waals surface area contributed by atoms with E-state index < -0.39 is 0 Å². The predicted octanol–water partition coefficient (Wildman–Crippen LogP) is 1.59. The fourth-order valence-corrected chi connectivity index (χ4v) is 2.08. The molecule has 0 bridgehead atoms. The van der Waals surface area contributed by atoms with E-state index in [9.17, 15) is 9.59 Å². The molecule has 2 aromatic carbocycles. The topological polar surface area (TPSA) is 46.2 Å². The first-order valence-corrected chi connectivity index (χ1v) is 5.31. The Hall–Kier alpha value is -0.784. The molecule has 2 amide bonds. The van der Waals surface area contributed by atoms with Crippen LogP contribution >= 0.6 is 0 Å². The first-order chi connectivity index (χ1) is 8.27. The van der Waals surface area contributed by atoms with Gasteiger partial charge < -0.3 is 0 Å². The second-order valence-electron chi connectivity index (χ2n) is 3.88. The molecule has 0 aromatic heterocycles. The van der Waals surface area contributed by atoms with Crippen molar-refractivity contribution in [3.05, 3.63) is 59.7 Å². The summed E-state index contributed by atoms with van der Waals surface area (Å²) in [6, 6.07) is 14.9. The van der Waals surface area contributed by atoms with Crippen LogP contribution in [0.15, 0.2) is 48.5 Å². The van der Waals surface area contributed by atoms with Crippen molar-refractivity contribution in [1.82, 2.24) is 5.32 Å². The molecule has 3 nitrogen and oxygen atoms in total. The Morgan fingerprint density at radius 3 is 2.11 bits per heavy atom. The molecule has 0 atom stereocenters. The maximum atomic E-state index is 11.7. The summed E-state index contributed by atoms with van der Waals surface area (Å²) in [6.07, 6.45) is 0. The van der Waals surface area contributed by atoms with Gasteiger partial charge in [0.25, 0.3) is 11.8 Å². The van der Waals surface area contributed by atoms with Crippen LogP contribution in [0.25, 0.3) is 11.1 Å². The first-order valence-electron chi connectivity index (χ1n) is 5.31. The SMILES string of the molecule is O=C1NC(=O)c2c1cccc2-c1ccccc1.[KH]. The minimum atomic E-state index is -0.317. The third-order valence-electron chi connectivity index (χ3n) is 2.85. The van der Waals surface area contributed by atoms with Gasteiger partial charge in [0, 0.05) is 0 Å². The molecule has 0 saturated carbocycles. The molecule has 1 heterocycles. The number of carbonyl (C=O) groups is 2. The molecule has 4 heteroatoms. The van der Waals surface area contributed by atoms with Gasteiger partial charge in [0.1, 0.15) is 0 Å². The molecular formula is C14H10KNO2. The first kappa shape index (κ1) is 13.6. The van der Waals surface area contributed by atoms with E-state index in [1.54, 1.807) is 12.1 Å². The number of fused-ring (bicyclic) bond motifs is 1. The Labute approximate surface area is 147 Å². The molecular weight excluding hydrogens is 253 g/mol. The molecule has 84 valence electrons. The van der Waals surface area contributed by atoms with Crippen LogP contribution in [0.5, 0.6) is 0 Å². The van der Waals surface area contributed by atoms with Gasteiger partial charge >= 0.3 is 51.4 Å². The van der Waals surface area contributed by atoms with E-state index in [2.05, 4.69) is 5.32 Å². The molecule has 0 saturated heterocycles. The average Bonchev–Trinajstić information content (AvgIpc) is 2.66. The van der Waals surface area contributed by atoms with E-state index in [-0.39, 0.29) is 63.2 Å². The van der Waals surface area contributed by atoms with Crippen molar-refractivity contribution in [3.63, 3.8) is 0 Å². The zero-order valence-corrected chi connectivity index (χ0v) is 8.94. The number of carbonyl (C=O) groups excluding carboxylic acids is 2. The van der Waals surface area contributed by atoms with Gasteiger partial charge in [-0.15, -0.1) is 0 Å². The Morgan fingerprint density at radius 1 is 0.722 bits per heavy atom. The second-order valence-corrected chi connectivity index (χ2v) is 3.88. The molecule has 18 heavy (non-hydrogen) atoms. The molecule has 0 aliphatic carbocycles. The van der Waals surface area contributed by atoms with E-state index in [1.807, 2.05) is 36.4 Å². The van der Waals surface area contributed by atoms with Gasteiger partial charge in [-0.3, -0.25) is 14.9 Å². The fraction of sp³-hybridized carbons (Fsp3) is 0. The number of benzene rings is 2. The van der Waals surface area contributed by atoms with Gasteiger partial charge in [-0.2, -0.15) is 0 Å². The van der Waals surface area contributed by atoms with Gasteiger partial charge in [-0.25, -0.2) is 0 Å². The molecule has 0 unspecified atom stereocenters. The van der Waals surface area contributed by atoms with E-state index >= 15 is 0 Å². The summed E-state index contributed by atoms with van der Waals surface area (Å²) in [5, 5.41) is 2.31. The summed E-state index contributed by atoms with van der Waals surface area (Å²) >= 11 is 0. The van der Waals surface area contributed by atoms with Crippen LogP contribution in [0.1, 0.15) is 20.7 Å². The number of amides is 2. The molecule has 3 rings (SSSR count). The van der Waals surface area contributed by atoms with Gasteiger partial charge in [-0.1, -0.05) is 42.5 Å². The summed E-state index contributed by atoms with van der Waals surface area (Å²) in [5.41, 5.74) is 2.67. The Balaban J connectivity index is 0.00000120. The summed E-state index contributed by atoms with van der Waals surface area (Å²) in [7, 11) is 0. The molecule has 0 radical (unpaired) electrons. The van der Waals surface area contributed by atoms with Crippen molar-refractivity contribution < 1.29 is 9.59 Å². The third-order valence-corrected chi connectivity index (χ3v) is 2.85. The van der Waals surface area contributed by atoms with Crippen molar-refractivity contribution in [2.24, 2.45) is 0 Å². The normalized spacial score (nSPS) is 12.7. The van der Waals surface area contributed by atoms with E-state index in [0.717, 1.165) is 11.1 Å². The number of hydrogen-bond donors (Lipinski definition) is 1. The summed E-state index contributed by atoms with van der Waals surface area (Å²) in [4.78, 5) is 23.3. The zero-order chi connectivity index (χ0) is 11.8. The van der Waals surface area contributed by atoms with Gasteiger partial charge in [0.2, 0.25) is 0 Å². The quantitative estimate of drug-likeness (QED) is 0.627. The molecule has 0 spiro atoms. The monoisotopic (exact) mass is 263 g/mol. The summed E-state index contributed by atoms with van der Waals surface area (Å²) < 4.78 is 0. The van der Waals surface area contributed by atoms with Crippen LogP contribution < -0.4 is 5.32 Å². The zero-order valence-electron chi connectivity index (χ0n) is 8.94. The number of nitrogens with one attached hydrogen (secondary N) is 1. The summed E-state index contributed by atoms with van der Waals surface area (Å²) in [5.74, 6) is -0.632. The minimum absolute atomic E-state index is 0. The predicted molar refractivity (Wildman–Crippen MR) is 70.8 cm³/mol. The fourth-order valence-electron chi connectivity index (χ4n) is 2.08. The third kappa shape index (κ3) is 2.22. The van der Waals surface area contributed by atoms with Crippen LogP contribution in [0, 0.1) is 0 Å². The van der Waals surface area contributed by atoms with Crippen LogP contribution in [-0.4, -0.2) is 63.2 Å². The Bertz CT molecular complexity index is 623. The number of hydrogen-bond acceptors (Lipinski definition) is 2. The van der Waals surface area contributed by atoms with Crippen LogP contribution in [0.3, 0.4) is 0 Å². The van der Waals surface area contributed by atoms with Gasteiger partial charge in [0.05, 0.1) is 11.1 Å². The van der Waals surface area contributed by atoms with Crippen LogP contribution in [0.2, 0.25) is 0 Å². The molecule has 2 aromatic rings. The van der Waals surface area contributed by atoms with Crippen molar-refractivity contribution in [3.8, 4) is 11.1 Å². The van der Waals surface area contributed by atoms with E-state index in [1.165, 1.54) is 0 Å². The number of rotatable bonds is 1. The second kappa shape index (κ2) is 5.46. The molecule has 0 fully saturated rings. The standard InChI is InChI=1S/C14H9NO2.K.H/c16-13-11-8-4-7-10(12(11)14(17)15-13)9-5-2-1-3-6-9;;/h1-8H,(H,15,16,17);;. The average molecular weight is 263 g/mol. The van der Waals surface area contributed by atoms with Gasteiger partial charge in [-0.05, 0) is 17.2 Å². The van der Waals surface area contributed by atoms with E-state index in [4.69, 9.17) is 0 Å².